The number of aromatic carboxylic acids is 1. The van der Waals surface area contributed by atoms with E-state index in [0.717, 1.165) is 4.73 Å². The predicted molar refractivity (Wildman–Crippen MR) is 95.5 cm³/mol. The largest absolute Gasteiger partial charge is 0.476 e. The fourth-order valence-electron chi connectivity index (χ4n) is 2.66. The van der Waals surface area contributed by atoms with Crippen molar-refractivity contribution in [1.82, 2.24) is 9.71 Å². The van der Waals surface area contributed by atoms with Crippen LogP contribution in [0.25, 0.3) is 11.4 Å². The first kappa shape index (κ1) is 17.7. The SMILES string of the molecule is Cc1nc(-c2cccc(C#N)c2)n(OCc2cccc(C#N)c2)c1C(=O)O. The number of carbonyl (C=O) groups is 1. The Morgan fingerprint density at radius 3 is 2.48 bits per heavy atom. The van der Waals surface area contributed by atoms with Gasteiger partial charge in [0.1, 0.15) is 6.61 Å². The van der Waals surface area contributed by atoms with E-state index in [1.54, 1.807) is 55.5 Å². The molecule has 27 heavy (non-hydrogen) atoms. The number of carboxylic acids is 1. The average Bonchev–Trinajstić information content (AvgIpc) is 3.03. The second-order valence-corrected chi connectivity index (χ2v) is 5.75. The maximum Gasteiger partial charge on any atom is 0.357 e. The fraction of sp³-hybridized carbons (Fsp3) is 0.100. The van der Waals surface area contributed by atoms with Gasteiger partial charge in [-0.3, -0.25) is 0 Å². The summed E-state index contributed by atoms with van der Waals surface area (Å²) in [6.07, 6.45) is 0. The molecule has 0 amide bonds. The zero-order valence-electron chi connectivity index (χ0n) is 14.4. The van der Waals surface area contributed by atoms with Crippen molar-refractivity contribution >= 4 is 5.97 Å². The standard InChI is InChI=1S/C20H14N4O3/c1-13-18(20(25)26)24(27-12-16-6-2-4-14(8-16)10-21)19(23-13)17-7-3-5-15(9-17)11-22/h2-9H,12H2,1H3,(H,25,26). The molecule has 0 radical (unpaired) electrons. The topological polar surface area (TPSA) is 112 Å². The van der Waals surface area contributed by atoms with Crippen molar-refractivity contribution in [2.75, 3.05) is 0 Å². The van der Waals surface area contributed by atoms with Gasteiger partial charge in [-0.05, 0) is 36.8 Å². The van der Waals surface area contributed by atoms with Crippen LogP contribution in [0.15, 0.2) is 48.5 Å². The molecule has 0 aliphatic carbocycles. The van der Waals surface area contributed by atoms with E-state index < -0.39 is 5.97 Å². The van der Waals surface area contributed by atoms with Crippen LogP contribution in [0.2, 0.25) is 0 Å². The summed E-state index contributed by atoms with van der Waals surface area (Å²) in [5.41, 5.74) is 2.40. The van der Waals surface area contributed by atoms with Gasteiger partial charge in [0, 0.05) is 5.56 Å². The van der Waals surface area contributed by atoms with E-state index in [1.165, 1.54) is 0 Å². The van der Waals surface area contributed by atoms with Crippen LogP contribution in [0.3, 0.4) is 0 Å². The molecule has 0 spiro atoms. The highest BCUT2D eigenvalue weighted by atomic mass is 16.7. The Morgan fingerprint density at radius 1 is 1.15 bits per heavy atom. The minimum absolute atomic E-state index is 0.0521. The van der Waals surface area contributed by atoms with Crippen LogP contribution >= 0.6 is 0 Å². The molecule has 0 saturated heterocycles. The monoisotopic (exact) mass is 358 g/mol. The highest BCUT2D eigenvalue weighted by Gasteiger charge is 2.23. The number of aromatic nitrogens is 2. The third kappa shape index (κ3) is 3.63. The summed E-state index contributed by atoms with van der Waals surface area (Å²) in [6, 6.07) is 17.6. The van der Waals surface area contributed by atoms with Crippen LogP contribution < -0.4 is 4.84 Å². The van der Waals surface area contributed by atoms with Gasteiger partial charge < -0.3 is 9.94 Å². The molecule has 0 atom stereocenters. The van der Waals surface area contributed by atoms with Gasteiger partial charge in [0.05, 0.1) is 29.0 Å². The third-order valence-electron chi connectivity index (χ3n) is 3.88. The molecular weight excluding hydrogens is 344 g/mol. The lowest BCUT2D eigenvalue weighted by atomic mass is 10.1. The molecule has 7 nitrogen and oxygen atoms in total. The summed E-state index contributed by atoms with van der Waals surface area (Å²) in [5.74, 6) is -0.882. The van der Waals surface area contributed by atoms with Gasteiger partial charge in [-0.1, -0.05) is 24.3 Å². The molecule has 0 aliphatic heterocycles. The molecule has 1 aromatic heterocycles. The van der Waals surface area contributed by atoms with Crippen molar-refractivity contribution in [1.29, 1.82) is 10.5 Å². The molecule has 1 heterocycles. The lowest BCUT2D eigenvalue weighted by Gasteiger charge is -2.12. The van der Waals surface area contributed by atoms with Crippen molar-refractivity contribution in [3.8, 4) is 23.5 Å². The average molecular weight is 358 g/mol. The predicted octanol–water partition coefficient (Wildman–Crippen LogP) is 2.93. The number of rotatable bonds is 5. The molecule has 132 valence electrons. The van der Waals surface area contributed by atoms with Crippen LogP contribution in [0, 0.1) is 29.6 Å². The Balaban J connectivity index is 2.03. The van der Waals surface area contributed by atoms with Gasteiger partial charge in [0.15, 0.2) is 11.5 Å². The Hall–Kier alpha value is -4.10. The van der Waals surface area contributed by atoms with Crippen LogP contribution in [0.1, 0.15) is 32.9 Å². The summed E-state index contributed by atoms with van der Waals surface area (Å²) in [5, 5.41) is 27.6. The molecule has 1 N–H and O–H groups in total. The Labute approximate surface area is 155 Å². The summed E-state index contributed by atoms with van der Waals surface area (Å²) < 4.78 is 1.16. The molecule has 2 aromatic carbocycles. The summed E-state index contributed by atoms with van der Waals surface area (Å²) >= 11 is 0. The number of imidazole rings is 1. The van der Waals surface area contributed by atoms with E-state index in [-0.39, 0.29) is 12.3 Å². The molecule has 7 heteroatoms. The smallest absolute Gasteiger partial charge is 0.357 e. The quantitative estimate of drug-likeness (QED) is 0.750. The summed E-state index contributed by atoms with van der Waals surface area (Å²) in [6.45, 7) is 1.63. The highest BCUT2D eigenvalue weighted by Crippen LogP contribution is 2.23. The molecule has 0 unspecified atom stereocenters. The maximum atomic E-state index is 11.7. The Morgan fingerprint density at radius 2 is 1.81 bits per heavy atom. The van der Waals surface area contributed by atoms with Gasteiger partial charge in [0.2, 0.25) is 0 Å². The van der Waals surface area contributed by atoms with E-state index in [1.807, 2.05) is 12.1 Å². The molecule has 3 aromatic rings. The normalized spacial score (nSPS) is 10.0. The van der Waals surface area contributed by atoms with E-state index in [4.69, 9.17) is 15.4 Å². The number of aryl methyl sites for hydroxylation is 1. The van der Waals surface area contributed by atoms with Crippen molar-refractivity contribution < 1.29 is 14.7 Å². The Kier molecular flexibility index (Phi) is 4.87. The van der Waals surface area contributed by atoms with Crippen LogP contribution in [0.5, 0.6) is 0 Å². The fourth-order valence-corrected chi connectivity index (χ4v) is 2.66. The van der Waals surface area contributed by atoms with E-state index >= 15 is 0 Å². The number of hydrogen-bond acceptors (Lipinski definition) is 5. The Bertz CT molecular complexity index is 1100. The molecule has 0 fully saturated rings. The summed E-state index contributed by atoms with van der Waals surface area (Å²) in [7, 11) is 0. The molecule has 0 aliphatic rings. The van der Waals surface area contributed by atoms with Gasteiger partial charge in [-0.25, -0.2) is 9.78 Å². The van der Waals surface area contributed by atoms with E-state index in [0.29, 0.717) is 33.8 Å². The van der Waals surface area contributed by atoms with Crippen molar-refractivity contribution in [2.24, 2.45) is 0 Å². The van der Waals surface area contributed by atoms with Crippen LogP contribution in [-0.4, -0.2) is 20.8 Å². The minimum atomic E-state index is -1.17. The van der Waals surface area contributed by atoms with Crippen molar-refractivity contribution in [2.45, 2.75) is 13.5 Å². The van der Waals surface area contributed by atoms with Crippen molar-refractivity contribution in [3.05, 3.63) is 76.6 Å². The van der Waals surface area contributed by atoms with Gasteiger partial charge in [-0.15, -0.1) is 0 Å². The number of carboxylic acid groups (broad SMARTS) is 1. The molecule has 3 rings (SSSR count). The lowest BCUT2D eigenvalue weighted by Crippen LogP contribution is -2.19. The summed E-state index contributed by atoms with van der Waals surface area (Å²) in [4.78, 5) is 21.7. The second-order valence-electron chi connectivity index (χ2n) is 5.75. The highest BCUT2D eigenvalue weighted by molar-refractivity contribution is 5.88. The van der Waals surface area contributed by atoms with Gasteiger partial charge in [0.25, 0.3) is 0 Å². The van der Waals surface area contributed by atoms with Crippen LogP contribution in [-0.2, 0) is 6.61 Å². The zero-order valence-corrected chi connectivity index (χ0v) is 14.4. The first-order valence-corrected chi connectivity index (χ1v) is 7.99. The third-order valence-corrected chi connectivity index (χ3v) is 3.88. The van der Waals surface area contributed by atoms with Gasteiger partial charge >= 0.3 is 5.97 Å². The number of nitriles is 2. The van der Waals surface area contributed by atoms with Gasteiger partial charge in [-0.2, -0.15) is 15.3 Å². The number of benzene rings is 2. The van der Waals surface area contributed by atoms with E-state index in [9.17, 15) is 9.90 Å². The first-order chi connectivity index (χ1) is 13.0. The maximum absolute atomic E-state index is 11.7. The zero-order chi connectivity index (χ0) is 19.4. The second kappa shape index (κ2) is 7.42. The number of nitrogens with zero attached hydrogens (tertiary/aromatic N) is 4. The first-order valence-electron chi connectivity index (χ1n) is 7.99. The van der Waals surface area contributed by atoms with E-state index in [2.05, 4.69) is 4.98 Å². The number of hydrogen-bond donors (Lipinski definition) is 1. The molecule has 0 saturated carbocycles. The minimum Gasteiger partial charge on any atom is -0.476 e. The van der Waals surface area contributed by atoms with Crippen LogP contribution in [0.4, 0.5) is 0 Å². The molecule has 0 bridgehead atoms. The lowest BCUT2D eigenvalue weighted by molar-refractivity contribution is 0.0574. The van der Waals surface area contributed by atoms with Crippen molar-refractivity contribution in [3.63, 3.8) is 0 Å². The molecular formula is C20H14N4O3.